The molecule has 0 aromatic carbocycles. The van der Waals surface area contributed by atoms with Crippen LogP contribution in [0.5, 0.6) is 0 Å². The Labute approximate surface area is 137 Å². The highest BCUT2D eigenvalue weighted by Gasteiger charge is 2.67. The van der Waals surface area contributed by atoms with Crippen LogP contribution in [0.15, 0.2) is 16.5 Å². The molecule has 1 fully saturated rings. The van der Waals surface area contributed by atoms with Crippen LogP contribution in [-0.2, 0) is 9.53 Å². The normalized spacial score (nSPS) is 26.5. The topological polar surface area (TPSA) is 144 Å². The number of halogens is 3. The third kappa shape index (κ3) is 3.22. The molecule has 0 unspecified atom stereocenters. The van der Waals surface area contributed by atoms with Gasteiger partial charge in [-0.05, 0) is 13.0 Å². The molecule has 1 saturated heterocycles. The van der Waals surface area contributed by atoms with Gasteiger partial charge in [0.25, 0.3) is 5.72 Å². The number of amides is 2. The van der Waals surface area contributed by atoms with Crippen molar-refractivity contribution in [2.75, 3.05) is 6.61 Å². The summed E-state index contributed by atoms with van der Waals surface area (Å²) in [5.41, 5.74) is -3.96. The summed E-state index contributed by atoms with van der Waals surface area (Å²) in [6.07, 6.45) is -5.45. The summed E-state index contributed by atoms with van der Waals surface area (Å²) in [6.45, 7) is 1.02. The monoisotopic (exact) mass is 367 g/mol. The van der Waals surface area contributed by atoms with Crippen LogP contribution in [0.25, 0.3) is 0 Å². The van der Waals surface area contributed by atoms with Gasteiger partial charge in [0.1, 0.15) is 22.6 Å². The number of nitro groups is 1. The van der Waals surface area contributed by atoms with E-state index in [0.717, 1.165) is 12.1 Å². The first-order chi connectivity index (χ1) is 11.5. The Hall–Kier alpha value is -2.83. The number of hydrogen-bond donors (Lipinski definition) is 3. The fraction of sp³-hybridized carbons (Fsp3) is 0.500. The van der Waals surface area contributed by atoms with E-state index < -0.39 is 52.4 Å². The number of nitrogens with one attached hydrogen (secondary N) is 2. The Bertz CT molecular complexity index is 704. The van der Waals surface area contributed by atoms with E-state index >= 15 is 0 Å². The number of esters is 1. The number of hydrogen-bond acceptors (Lipinski definition) is 7. The number of rotatable bonds is 4. The Morgan fingerprint density at radius 3 is 2.64 bits per heavy atom. The van der Waals surface area contributed by atoms with Crippen molar-refractivity contribution in [3.05, 3.63) is 28.0 Å². The number of urea groups is 1. The van der Waals surface area contributed by atoms with E-state index in [4.69, 9.17) is 4.42 Å². The minimum absolute atomic E-state index is 0.303. The SMILES string of the molecule is CCOC(=O)[C@@H]1[C@@H](c2ccc([N+](=O)[O-])o2)NC(=O)N[C@@]1(O)C(F)(F)F. The minimum Gasteiger partial charge on any atom is -0.466 e. The number of alkyl halides is 3. The first-order valence-corrected chi connectivity index (χ1v) is 6.79. The fourth-order valence-corrected chi connectivity index (χ4v) is 2.38. The third-order valence-electron chi connectivity index (χ3n) is 3.45. The van der Waals surface area contributed by atoms with E-state index in [1.807, 2.05) is 5.32 Å². The van der Waals surface area contributed by atoms with Crippen molar-refractivity contribution >= 4 is 17.9 Å². The number of furan rings is 1. The van der Waals surface area contributed by atoms with E-state index in [-0.39, 0.29) is 6.61 Å². The molecule has 0 bridgehead atoms. The van der Waals surface area contributed by atoms with Gasteiger partial charge < -0.3 is 24.9 Å². The summed E-state index contributed by atoms with van der Waals surface area (Å²) in [6, 6.07) is -1.56. The molecule has 1 aromatic heterocycles. The quantitative estimate of drug-likeness (QED) is 0.409. The molecule has 2 amide bonds. The van der Waals surface area contributed by atoms with Gasteiger partial charge in [-0.1, -0.05) is 0 Å². The van der Waals surface area contributed by atoms with Crippen molar-refractivity contribution in [2.45, 2.75) is 24.9 Å². The zero-order valence-corrected chi connectivity index (χ0v) is 12.5. The van der Waals surface area contributed by atoms with Gasteiger partial charge in [0.15, 0.2) is 0 Å². The van der Waals surface area contributed by atoms with Crippen LogP contribution in [0.3, 0.4) is 0 Å². The fourth-order valence-electron chi connectivity index (χ4n) is 2.38. The molecule has 0 radical (unpaired) electrons. The predicted molar refractivity (Wildman–Crippen MR) is 70.9 cm³/mol. The smallest absolute Gasteiger partial charge is 0.437 e. The molecule has 2 rings (SSSR count). The maximum Gasteiger partial charge on any atom is 0.437 e. The molecular formula is C12H12F3N3O7. The summed E-state index contributed by atoms with van der Waals surface area (Å²) < 4.78 is 49.3. The molecule has 13 heteroatoms. The highest BCUT2D eigenvalue weighted by Crippen LogP contribution is 2.43. The van der Waals surface area contributed by atoms with Crippen LogP contribution in [0.2, 0.25) is 0 Å². The van der Waals surface area contributed by atoms with E-state index in [1.165, 1.54) is 12.2 Å². The van der Waals surface area contributed by atoms with Crippen LogP contribution >= 0.6 is 0 Å². The molecule has 1 aliphatic heterocycles. The van der Waals surface area contributed by atoms with Crippen molar-refractivity contribution in [1.82, 2.24) is 10.6 Å². The van der Waals surface area contributed by atoms with Crippen molar-refractivity contribution < 1.29 is 41.9 Å². The molecule has 3 atom stereocenters. The van der Waals surface area contributed by atoms with Gasteiger partial charge in [0, 0.05) is 0 Å². The molecule has 1 aromatic rings. The lowest BCUT2D eigenvalue weighted by Gasteiger charge is -2.43. The summed E-state index contributed by atoms with van der Waals surface area (Å²) in [5.74, 6) is -5.24. The van der Waals surface area contributed by atoms with Crippen molar-refractivity contribution in [2.24, 2.45) is 5.92 Å². The minimum atomic E-state index is -5.45. The average molecular weight is 367 g/mol. The first-order valence-electron chi connectivity index (χ1n) is 6.79. The second-order valence-electron chi connectivity index (χ2n) is 5.00. The van der Waals surface area contributed by atoms with Crippen LogP contribution in [-0.4, -0.2) is 40.5 Å². The zero-order chi connectivity index (χ0) is 19.0. The predicted octanol–water partition coefficient (Wildman–Crippen LogP) is 0.972. The highest BCUT2D eigenvalue weighted by molar-refractivity contribution is 5.83. The highest BCUT2D eigenvalue weighted by atomic mass is 19.4. The Kier molecular flexibility index (Phi) is 4.61. The van der Waals surface area contributed by atoms with E-state index in [2.05, 4.69) is 4.74 Å². The lowest BCUT2D eigenvalue weighted by Crippen LogP contribution is -2.73. The lowest BCUT2D eigenvalue weighted by molar-refractivity contribution is -0.402. The van der Waals surface area contributed by atoms with Gasteiger partial charge >= 0.3 is 24.1 Å². The summed E-state index contributed by atoms with van der Waals surface area (Å²) in [4.78, 5) is 33.3. The standard InChI is InChI=1S/C12H12F3N3O7/c1-2-24-9(19)7-8(5-3-4-6(25-5)18(22)23)16-10(20)17-11(7,21)12(13,14)15/h3-4,7-8,21H,2H2,1H3,(H2,16,17,20)/t7-,8+,11-/m0/s1. The van der Waals surface area contributed by atoms with Gasteiger partial charge in [-0.15, -0.1) is 0 Å². The largest absolute Gasteiger partial charge is 0.466 e. The van der Waals surface area contributed by atoms with Crippen LogP contribution < -0.4 is 10.6 Å². The molecule has 0 aliphatic carbocycles. The summed E-state index contributed by atoms with van der Waals surface area (Å²) >= 11 is 0. The number of ether oxygens (including phenoxy) is 1. The van der Waals surface area contributed by atoms with Crippen LogP contribution in [0.1, 0.15) is 18.7 Å². The third-order valence-corrected chi connectivity index (χ3v) is 3.45. The molecule has 3 N–H and O–H groups in total. The molecular weight excluding hydrogens is 355 g/mol. The molecule has 25 heavy (non-hydrogen) atoms. The summed E-state index contributed by atoms with van der Waals surface area (Å²) in [7, 11) is 0. The van der Waals surface area contributed by atoms with E-state index in [1.54, 1.807) is 0 Å². The second kappa shape index (κ2) is 6.23. The van der Waals surface area contributed by atoms with Gasteiger partial charge in [0.2, 0.25) is 0 Å². The second-order valence-corrected chi connectivity index (χ2v) is 5.00. The van der Waals surface area contributed by atoms with Crippen molar-refractivity contribution in [3.63, 3.8) is 0 Å². The summed E-state index contributed by atoms with van der Waals surface area (Å²) in [5, 5.41) is 23.9. The van der Waals surface area contributed by atoms with Crippen LogP contribution in [0.4, 0.5) is 23.8 Å². The van der Waals surface area contributed by atoms with Gasteiger partial charge in [0.05, 0.1) is 12.7 Å². The lowest BCUT2D eigenvalue weighted by atomic mass is 9.84. The maximum absolute atomic E-state index is 13.3. The van der Waals surface area contributed by atoms with Crippen molar-refractivity contribution in [3.8, 4) is 0 Å². The van der Waals surface area contributed by atoms with Gasteiger partial charge in [-0.25, -0.2) is 4.79 Å². The van der Waals surface area contributed by atoms with Gasteiger partial charge in [-0.2, -0.15) is 13.2 Å². The average Bonchev–Trinajstić information content (AvgIpc) is 2.95. The molecule has 0 saturated carbocycles. The van der Waals surface area contributed by atoms with E-state index in [0.29, 0.717) is 0 Å². The Morgan fingerprint density at radius 1 is 1.52 bits per heavy atom. The van der Waals surface area contributed by atoms with Crippen LogP contribution in [0, 0.1) is 16.0 Å². The molecule has 1 aliphatic rings. The number of nitrogens with zero attached hydrogens (tertiary/aromatic N) is 1. The van der Waals surface area contributed by atoms with E-state index in [9.17, 15) is 38.0 Å². The molecule has 10 nitrogen and oxygen atoms in total. The first kappa shape index (κ1) is 18.5. The molecule has 138 valence electrons. The zero-order valence-electron chi connectivity index (χ0n) is 12.5. The Morgan fingerprint density at radius 2 is 2.16 bits per heavy atom. The molecule has 2 heterocycles. The Balaban J connectivity index is 2.55. The maximum atomic E-state index is 13.3. The van der Waals surface area contributed by atoms with Crippen molar-refractivity contribution in [1.29, 1.82) is 0 Å². The number of carbonyl (C=O) groups is 2. The number of carbonyl (C=O) groups excluding carboxylic acids is 2. The molecule has 0 spiro atoms. The number of aliphatic hydroxyl groups is 1. The van der Waals surface area contributed by atoms with Gasteiger partial charge in [-0.3, -0.25) is 14.9 Å².